The van der Waals surface area contributed by atoms with Gasteiger partial charge in [0.25, 0.3) is 0 Å². The summed E-state index contributed by atoms with van der Waals surface area (Å²) >= 11 is 0. The Bertz CT molecular complexity index is 328. The summed E-state index contributed by atoms with van der Waals surface area (Å²) in [5.74, 6) is 3.13. The van der Waals surface area contributed by atoms with Crippen molar-refractivity contribution in [2.75, 3.05) is 13.2 Å². The molecule has 19 heavy (non-hydrogen) atoms. The van der Waals surface area contributed by atoms with Gasteiger partial charge in [0.05, 0.1) is 0 Å². The molecule has 0 saturated carbocycles. The monoisotopic (exact) mass is 298 g/mol. The lowest BCUT2D eigenvalue weighted by Gasteiger charge is -2.04. The van der Waals surface area contributed by atoms with Gasteiger partial charge in [-0.25, -0.2) is 5.26 Å². The SMILES string of the molecule is Cl.N[C@@H](CCC(=O)OCC#CCONOO)C(=O)O. The summed E-state index contributed by atoms with van der Waals surface area (Å²) in [4.78, 5) is 29.2. The summed E-state index contributed by atoms with van der Waals surface area (Å²) < 4.78 is 4.66. The fourth-order valence-electron chi connectivity index (χ4n) is 0.780. The number of carbonyl (C=O) groups excluding carboxylic acids is 1. The van der Waals surface area contributed by atoms with Crippen molar-refractivity contribution < 1.29 is 34.5 Å². The number of esters is 1. The molecule has 0 rings (SSSR count). The van der Waals surface area contributed by atoms with E-state index in [0.717, 1.165) is 0 Å². The van der Waals surface area contributed by atoms with Crippen molar-refractivity contribution in [2.24, 2.45) is 5.73 Å². The Hall–Kier alpha value is -1.41. The molecule has 0 aromatic rings. The number of hydrogen-bond acceptors (Lipinski definition) is 8. The normalized spacial score (nSPS) is 10.6. The molecule has 110 valence electrons. The van der Waals surface area contributed by atoms with Gasteiger partial charge in [-0.1, -0.05) is 11.8 Å². The minimum absolute atomic E-state index is 0. The summed E-state index contributed by atoms with van der Waals surface area (Å²) in [5.41, 5.74) is 6.86. The second kappa shape index (κ2) is 13.0. The molecule has 0 aromatic heterocycles. The number of ether oxygens (including phenoxy) is 1. The van der Waals surface area contributed by atoms with Gasteiger partial charge in [0, 0.05) is 6.42 Å². The number of nitrogens with one attached hydrogen (secondary N) is 1. The van der Waals surface area contributed by atoms with Gasteiger partial charge in [0.2, 0.25) is 0 Å². The van der Waals surface area contributed by atoms with Crippen molar-refractivity contribution in [3.63, 3.8) is 0 Å². The third-order valence-electron chi connectivity index (χ3n) is 1.65. The highest BCUT2D eigenvalue weighted by Gasteiger charge is 2.13. The maximum Gasteiger partial charge on any atom is 0.320 e. The van der Waals surface area contributed by atoms with Crippen LogP contribution in [0.3, 0.4) is 0 Å². The van der Waals surface area contributed by atoms with Gasteiger partial charge in [-0.2, -0.15) is 0 Å². The van der Waals surface area contributed by atoms with Crippen molar-refractivity contribution in [2.45, 2.75) is 18.9 Å². The van der Waals surface area contributed by atoms with Gasteiger partial charge >= 0.3 is 11.9 Å². The lowest BCUT2D eigenvalue weighted by molar-refractivity contribution is -0.366. The maximum absolute atomic E-state index is 11.1. The van der Waals surface area contributed by atoms with E-state index in [1.54, 1.807) is 5.64 Å². The first kappa shape index (κ1) is 19.9. The molecule has 1 atom stereocenters. The average molecular weight is 299 g/mol. The Morgan fingerprint density at radius 1 is 1.32 bits per heavy atom. The van der Waals surface area contributed by atoms with Crippen LogP contribution in [0, 0.1) is 11.8 Å². The van der Waals surface area contributed by atoms with Gasteiger partial charge in [-0.05, 0) is 12.1 Å². The van der Waals surface area contributed by atoms with Crippen molar-refractivity contribution in [3.8, 4) is 11.8 Å². The first-order valence-corrected chi connectivity index (χ1v) is 4.85. The molecule has 0 aromatic carbocycles. The van der Waals surface area contributed by atoms with E-state index in [-0.39, 0.29) is 38.5 Å². The van der Waals surface area contributed by atoms with E-state index in [2.05, 4.69) is 26.4 Å². The number of carboxylic acid groups (broad SMARTS) is 1. The molecule has 0 heterocycles. The highest BCUT2D eigenvalue weighted by molar-refractivity contribution is 5.85. The quantitative estimate of drug-likeness (QED) is 0.147. The van der Waals surface area contributed by atoms with Crippen LogP contribution in [0.4, 0.5) is 0 Å². The summed E-state index contributed by atoms with van der Waals surface area (Å²) in [6, 6.07) is -1.08. The maximum atomic E-state index is 11.1. The summed E-state index contributed by atoms with van der Waals surface area (Å²) in [5, 5.41) is 16.2. The molecule has 0 aliphatic carbocycles. The molecule has 0 spiro atoms. The number of carbonyl (C=O) groups is 2. The molecular weight excluding hydrogens is 284 g/mol. The van der Waals surface area contributed by atoms with Crippen LogP contribution in [0.5, 0.6) is 0 Å². The minimum atomic E-state index is -1.17. The molecule has 0 amide bonds. The molecule has 0 unspecified atom stereocenters. The third kappa shape index (κ3) is 12.8. The molecule has 0 radical (unpaired) electrons. The van der Waals surface area contributed by atoms with Crippen LogP contribution in [0.25, 0.3) is 0 Å². The Kier molecular flexibility index (Phi) is 13.7. The Morgan fingerprint density at radius 2 is 1.95 bits per heavy atom. The smallest absolute Gasteiger partial charge is 0.320 e. The van der Waals surface area contributed by atoms with Gasteiger partial charge in [0.15, 0.2) is 6.61 Å². The third-order valence-corrected chi connectivity index (χ3v) is 1.65. The molecule has 0 aliphatic rings. The highest BCUT2D eigenvalue weighted by Crippen LogP contribution is 1.96. The molecule has 0 saturated heterocycles. The van der Waals surface area contributed by atoms with Crippen molar-refractivity contribution in [3.05, 3.63) is 0 Å². The molecular formula is C9H15ClN2O7. The van der Waals surface area contributed by atoms with Gasteiger partial charge in [0.1, 0.15) is 12.6 Å². The number of rotatable bonds is 8. The topological polar surface area (TPSA) is 140 Å². The standard InChI is InChI=1S/C9H14N2O7.ClH/c10-7(9(13)14)3-4-8(12)16-5-1-2-6-17-11-18-15;/h7,11,15H,3-6,10H2,(H,13,14);1H/t7-;/m0./s1. The number of carboxylic acids is 1. The zero-order valence-electron chi connectivity index (χ0n) is 9.83. The number of aliphatic carboxylic acids is 1. The zero-order chi connectivity index (χ0) is 13.8. The summed E-state index contributed by atoms with van der Waals surface area (Å²) in [6.45, 7) is -0.230. The van der Waals surface area contributed by atoms with Crippen molar-refractivity contribution in [1.29, 1.82) is 0 Å². The van der Waals surface area contributed by atoms with Crippen LogP contribution in [0.2, 0.25) is 0 Å². The van der Waals surface area contributed by atoms with Crippen LogP contribution < -0.4 is 11.4 Å². The minimum Gasteiger partial charge on any atom is -0.480 e. The van der Waals surface area contributed by atoms with E-state index in [0.29, 0.717) is 0 Å². The molecule has 0 aliphatic heterocycles. The van der Waals surface area contributed by atoms with Gasteiger partial charge in [-0.15, -0.1) is 17.4 Å². The number of nitrogens with two attached hydrogens (primary N) is 1. The Balaban J connectivity index is 0. The lowest BCUT2D eigenvalue weighted by atomic mass is 10.2. The highest BCUT2D eigenvalue weighted by atomic mass is 35.5. The van der Waals surface area contributed by atoms with E-state index in [4.69, 9.17) is 16.1 Å². The second-order valence-electron chi connectivity index (χ2n) is 2.96. The first-order valence-electron chi connectivity index (χ1n) is 4.85. The van der Waals surface area contributed by atoms with E-state index < -0.39 is 18.0 Å². The van der Waals surface area contributed by atoms with Gasteiger partial charge < -0.3 is 15.6 Å². The molecule has 0 bridgehead atoms. The van der Waals surface area contributed by atoms with Crippen LogP contribution >= 0.6 is 12.4 Å². The Morgan fingerprint density at radius 3 is 2.53 bits per heavy atom. The van der Waals surface area contributed by atoms with E-state index in [1.807, 2.05) is 0 Å². The van der Waals surface area contributed by atoms with Crippen LogP contribution in [-0.4, -0.2) is 41.6 Å². The fourth-order valence-corrected chi connectivity index (χ4v) is 0.780. The molecule has 0 fully saturated rings. The molecule has 10 heteroatoms. The van der Waals surface area contributed by atoms with E-state index in [9.17, 15) is 9.59 Å². The van der Waals surface area contributed by atoms with Gasteiger partial charge in [-0.3, -0.25) is 14.4 Å². The predicted octanol–water partition coefficient (Wildman–Crippen LogP) is -0.927. The largest absolute Gasteiger partial charge is 0.480 e. The Labute approximate surface area is 115 Å². The first-order chi connectivity index (χ1) is 8.57. The summed E-state index contributed by atoms with van der Waals surface area (Å²) in [7, 11) is 0. The van der Waals surface area contributed by atoms with Crippen molar-refractivity contribution >= 4 is 24.3 Å². The predicted molar refractivity (Wildman–Crippen MR) is 63.6 cm³/mol. The van der Waals surface area contributed by atoms with Crippen molar-refractivity contribution in [1.82, 2.24) is 5.64 Å². The van der Waals surface area contributed by atoms with Crippen LogP contribution in [-0.2, 0) is 24.2 Å². The number of hydrogen-bond donors (Lipinski definition) is 4. The molecule has 5 N–H and O–H groups in total. The molecule has 9 nitrogen and oxygen atoms in total. The average Bonchev–Trinajstić information content (AvgIpc) is 2.34. The zero-order valence-corrected chi connectivity index (χ0v) is 10.6. The number of halogens is 1. The lowest BCUT2D eigenvalue weighted by Crippen LogP contribution is -2.30. The van der Waals surface area contributed by atoms with Crippen LogP contribution in [0.1, 0.15) is 12.8 Å². The van der Waals surface area contributed by atoms with Crippen LogP contribution in [0.15, 0.2) is 0 Å². The van der Waals surface area contributed by atoms with E-state index >= 15 is 0 Å². The second-order valence-corrected chi connectivity index (χ2v) is 2.96. The summed E-state index contributed by atoms with van der Waals surface area (Å²) in [6.07, 6.45) is -0.0893. The fraction of sp³-hybridized carbons (Fsp3) is 0.556. The van der Waals surface area contributed by atoms with E-state index in [1.165, 1.54) is 0 Å².